The lowest BCUT2D eigenvalue weighted by atomic mass is 9.97. The Kier molecular flexibility index (Phi) is 6.53. The SMILES string of the molecule is COCc1noc(CCNC(=O)[C@H]2CCCN(C(=O)N(C)C)C2)n1. The van der Waals surface area contributed by atoms with Crippen LogP contribution in [0.2, 0.25) is 0 Å². The molecule has 0 bridgehead atoms. The van der Waals surface area contributed by atoms with Crippen LogP contribution < -0.4 is 5.32 Å². The van der Waals surface area contributed by atoms with Crippen LogP contribution >= 0.6 is 0 Å². The predicted molar refractivity (Wildman–Crippen MR) is 85.1 cm³/mol. The first-order valence-corrected chi connectivity index (χ1v) is 8.05. The molecule has 3 amide bonds. The number of urea groups is 1. The standard InChI is InChI=1S/C15H25N5O4/c1-19(2)15(22)20-8-4-5-11(9-20)14(21)16-7-6-13-17-12(10-23-3)18-24-13/h11H,4-10H2,1-3H3,(H,16,21)/t11-/m0/s1. The number of ether oxygens (including phenoxy) is 1. The molecule has 1 aliphatic heterocycles. The van der Waals surface area contributed by atoms with Crippen molar-refractivity contribution in [2.24, 2.45) is 5.92 Å². The van der Waals surface area contributed by atoms with Crippen LogP contribution in [0.5, 0.6) is 0 Å². The van der Waals surface area contributed by atoms with Crippen molar-refractivity contribution in [3.8, 4) is 0 Å². The Labute approximate surface area is 141 Å². The normalized spacial score (nSPS) is 17.6. The molecule has 0 radical (unpaired) electrons. The van der Waals surface area contributed by atoms with Gasteiger partial charge in [-0.15, -0.1) is 0 Å². The van der Waals surface area contributed by atoms with Gasteiger partial charge in [-0.25, -0.2) is 4.79 Å². The maximum Gasteiger partial charge on any atom is 0.319 e. The average Bonchev–Trinajstić information content (AvgIpc) is 3.02. The van der Waals surface area contributed by atoms with Crippen LogP contribution in [0.25, 0.3) is 0 Å². The molecule has 1 aromatic rings. The molecule has 134 valence electrons. The first kappa shape index (κ1) is 18.2. The quantitative estimate of drug-likeness (QED) is 0.798. The molecule has 0 aliphatic carbocycles. The number of aromatic nitrogens is 2. The average molecular weight is 339 g/mol. The van der Waals surface area contributed by atoms with Crippen molar-refractivity contribution in [1.82, 2.24) is 25.3 Å². The summed E-state index contributed by atoms with van der Waals surface area (Å²) in [5.74, 6) is 0.747. The maximum absolute atomic E-state index is 12.3. The molecule has 1 aromatic heterocycles. The number of nitrogens with one attached hydrogen (secondary N) is 1. The van der Waals surface area contributed by atoms with Gasteiger partial charge in [0.05, 0.1) is 5.92 Å². The van der Waals surface area contributed by atoms with Crippen molar-refractivity contribution < 1.29 is 18.8 Å². The number of carbonyl (C=O) groups is 2. The summed E-state index contributed by atoms with van der Waals surface area (Å²) >= 11 is 0. The number of carbonyl (C=O) groups excluding carboxylic acids is 2. The lowest BCUT2D eigenvalue weighted by Gasteiger charge is -2.33. The van der Waals surface area contributed by atoms with Crippen LogP contribution in [0.15, 0.2) is 4.52 Å². The Morgan fingerprint density at radius 2 is 2.25 bits per heavy atom. The third-order valence-electron chi connectivity index (χ3n) is 3.87. The maximum atomic E-state index is 12.3. The first-order valence-electron chi connectivity index (χ1n) is 8.05. The molecule has 1 fully saturated rings. The second-order valence-corrected chi connectivity index (χ2v) is 6.04. The summed E-state index contributed by atoms with van der Waals surface area (Å²) in [6.45, 7) is 1.88. The van der Waals surface area contributed by atoms with E-state index >= 15 is 0 Å². The van der Waals surface area contributed by atoms with E-state index in [-0.39, 0.29) is 17.9 Å². The van der Waals surface area contributed by atoms with Gasteiger partial charge in [-0.2, -0.15) is 4.98 Å². The summed E-state index contributed by atoms with van der Waals surface area (Å²) < 4.78 is 9.99. The van der Waals surface area contributed by atoms with Gasteiger partial charge in [0.1, 0.15) is 6.61 Å². The summed E-state index contributed by atoms with van der Waals surface area (Å²) in [4.78, 5) is 31.7. The van der Waals surface area contributed by atoms with Gasteiger partial charge >= 0.3 is 6.03 Å². The van der Waals surface area contributed by atoms with E-state index in [4.69, 9.17) is 9.26 Å². The number of nitrogens with zero attached hydrogens (tertiary/aromatic N) is 4. The summed E-state index contributed by atoms with van der Waals surface area (Å²) in [5, 5.41) is 6.65. The van der Waals surface area contributed by atoms with Gasteiger partial charge in [0.25, 0.3) is 0 Å². The van der Waals surface area contributed by atoms with Crippen molar-refractivity contribution in [2.75, 3.05) is 40.8 Å². The monoisotopic (exact) mass is 339 g/mol. The van der Waals surface area contributed by atoms with Crippen LogP contribution in [0, 0.1) is 5.92 Å². The van der Waals surface area contributed by atoms with Gasteiger partial charge in [0, 0.05) is 47.3 Å². The molecule has 9 nitrogen and oxygen atoms in total. The third kappa shape index (κ3) is 4.92. The Morgan fingerprint density at radius 3 is 2.96 bits per heavy atom. The van der Waals surface area contributed by atoms with Crippen LogP contribution in [-0.2, 0) is 22.6 Å². The number of methoxy groups -OCH3 is 1. The molecule has 1 atom stereocenters. The molecule has 0 unspecified atom stereocenters. The van der Waals surface area contributed by atoms with Crippen LogP contribution in [0.4, 0.5) is 4.79 Å². The fraction of sp³-hybridized carbons (Fsp3) is 0.733. The zero-order chi connectivity index (χ0) is 17.5. The van der Waals surface area contributed by atoms with Crippen molar-refractivity contribution in [2.45, 2.75) is 25.9 Å². The van der Waals surface area contributed by atoms with E-state index in [0.717, 1.165) is 12.8 Å². The van der Waals surface area contributed by atoms with Crippen molar-refractivity contribution >= 4 is 11.9 Å². The van der Waals surface area contributed by atoms with Crippen LogP contribution in [-0.4, -0.2) is 72.7 Å². The Hall–Kier alpha value is -2.16. The number of hydrogen-bond acceptors (Lipinski definition) is 6. The zero-order valence-electron chi connectivity index (χ0n) is 14.4. The van der Waals surface area contributed by atoms with E-state index in [1.807, 2.05) is 0 Å². The fourth-order valence-corrected chi connectivity index (χ4v) is 2.66. The predicted octanol–water partition coefficient (Wildman–Crippen LogP) is 0.268. The molecule has 0 spiro atoms. The highest BCUT2D eigenvalue weighted by molar-refractivity contribution is 5.80. The van der Waals surface area contributed by atoms with Gasteiger partial charge in [0.2, 0.25) is 11.8 Å². The molecule has 0 saturated carbocycles. The molecule has 1 aliphatic rings. The number of rotatable bonds is 6. The second-order valence-electron chi connectivity index (χ2n) is 6.04. The molecule has 1 saturated heterocycles. The minimum Gasteiger partial charge on any atom is -0.377 e. The van der Waals surface area contributed by atoms with Gasteiger partial charge < -0.3 is 24.4 Å². The van der Waals surface area contributed by atoms with Gasteiger partial charge in [-0.1, -0.05) is 5.16 Å². The summed E-state index contributed by atoms with van der Waals surface area (Å²) in [5.41, 5.74) is 0. The third-order valence-corrected chi connectivity index (χ3v) is 3.87. The largest absolute Gasteiger partial charge is 0.377 e. The first-order chi connectivity index (χ1) is 11.5. The lowest BCUT2D eigenvalue weighted by Crippen LogP contribution is -2.48. The Morgan fingerprint density at radius 1 is 1.46 bits per heavy atom. The minimum absolute atomic E-state index is 0.0390. The van der Waals surface area contributed by atoms with E-state index in [1.165, 1.54) is 4.90 Å². The van der Waals surface area contributed by atoms with Gasteiger partial charge in [-0.05, 0) is 12.8 Å². The molecule has 2 heterocycles. The number of hydrogen-bond donors (Lipinski definition) is 1. The van der Waals surface area contributed by atoms with Crippen molar-refractivity contribution in [1.29, 1.82) is 0 Å². The van der Waals surface area contributed by atoms with Crippen molar-refractivity contribution in [3.63, 3.8) is 0 Å². The molecule has 9 heteroatoms. The minimum atomic E-state index is -0.172. The molecular formula is C15H25N5O4. The number of piperidine rings is 1. The van der Waals surface area contributed by atoms with Crippen molar-refractivity contribution in [3.05, 3.63) is 11.7 Å². The smallest absolute Gasteiger partial charge is 0.319 e. The van der Waals surface area contributed by atoms with Crippen LogP contribution in [0.1, 0.15) is 24.6 Å². The summed E-state index contributed by atoms with van der Waals surface area (Å²) in [7, 11) is 4.99. The highest BCUT2D eigenvalue weighted by Gasteiger charge is 2.28. The Balaban J connectivity index is 1.76. The van der Waals surface area contributed by atoms with Crippen LogP contribution in [0.3, 0.4) is 0 Å². The lowest BCUT2D eigenvalue weighted by molar-refractivity contribution is -0.126. The number of likely N-dealkylation sites (tertiary alicyclic amines) is 1. The topological polar surface area (TPSA) is 101 Å². The van der Waals surface area contributed by atoms with Gasteiger partial charge in [-0.3, -0.25) is 4.79 Å². The Bertz CT molecular complexity index is 560. The molecule has 24 heavy (non-hydrogen) atoms. The number of amides is 3. The van der Waals surface area contributed by atoms with E-state index in [1.54, 1.807) is 26.1 Å². The van der Waals surface area contributed by atoms with Gasteiger partial charge in [0.15, 0.2) is 5.82 Å². The van der Waals surface area contributed by atoms with E-state index in [9.17, 15) is 9.59 Å². The van der Waals surface area contributed by atoms with E-state index in [2.05, 4.69) is 15.5 Å². The molecule has 1 N–H and O–H groups in total. The zero-order valence-corrected chi connectivity index (χ0v) is 14.4. The summed E-state index contributed by atoms with van der Waals surface area (Å²) in [6.07, 6.45) is 2.10. The summed E-state index contributed by atoms with van der Waals surface area (Å²) in [6, 6.07) is -0.0518. The highest BCUT2D eigenvalue weighted by Crippen LogP contribution is 2.17. The molecule has 0 aromatic carbocycles. The molecule has 2 rings (SSSR count). The highest BCUT2D eigenvalue weighted by atomic mass is 16.5. The molecular weight excluding hydrogens is 314 g/mol. The second kappa shape index (κ2) is 8.62. The fourth-order valence-electron chi connectivity index (χ4n) is 2.66. The van der Waals surface area contributed by atoms with E-state index in [0.29, 0.717) is 44.4 Å². The van der Waals surface area contributed by atoms with E-state index < -0.39 is 0 Å².